The molecule has 0 aromatic carbocycles. The third kappa shape index (κ3) is 3.90. The SMILES string of the molecule is CC(C)CC(NC(=O)C1N2C(=O)CC2S(=O)(=O)C1(C)C)C(=O)NC1CCCCC1. The minimum atomic E-state index is -3.65. The molecule has 3 unspecified atom stereocenters. The molecule has 0 aromatic rings. The molecule has 8 nitrogen and oxygen atoms in total. The average Bonchev–Trinajstić information content (AvgIpc) is 2.75. The van der Waals surface area contributed by atoms with Crippen LogP contribution in [-0.4, -0.2) is 59.3 Å². The summed E-state index contributed by atoms with van der Waals surface area (Å²) in [5, 5.41) is 4.89. The van der Waals surface area contributed by atoms with E-state index >= 15 is 0 Å². The quantitative estimate of drug-likeness (QED) is 0.617. The van der Waals surface area contributed by atoms with E-state index in [9.17, 15) is 22.8 Å². The third-order valence-electron chi connectivity index (χ3n) is 6.52. The van der Waals surface area contributed by atoms with Crippen LogP contribution in [0.3, 0.4) is 0 Å². The fraction of sp³-hybridized carbons (Fsp3) is 0.850. The van der Waals surface area contributed by atoms with Gasteiger partial charge >= 0.3 is 0 Å². The molecule has 29 heavy (non-hydrogen) atoms. The number of nitrogens with one attached hydrogen (secondary N) is 2. The van der Waals surface area contributed by atoms with Gasteiger partial charge in [0.25, 0.3) is 0 Å². The van der Waals surface area contributed by atoms with E-state index in [1.807, 2.05) is 13.8 Å². The Kier molecular flexibility index (Phi) is 6.00. The maximum absolute atomic E-state index is 13.1. The van der Waals surface area contributed by atoms with Gasteiger partial charge in [0.05, 0.1) is 11.2 Å². The monoisotopic (exact) mass is 427 g/mol. The highest BCUT2D eigenvalue weighted by molar-refractivity contribution is 7.93. The molecule has 3 aliphatic rings. The lowest BCUT2D eigenvalue weighted by Crippen LogP contribution is -2.62. The van der Waals surface area contributed by atoms with Crippen molar-refractivity contribution >= 4 is 27.6 Å². The van der Waals surface area contributed by atoms with Crippen LogP contribution < -0.4 is 10.6 Å². The number of β-lactam (4-membered cyclic amide) rings is 1. The lowest BCUT2D eigenvalue weighted by molar-refractivity contribution is -0.150. The Hall–Kier alpha value is -1.64. The van der Waals surface area contributed by atoms with Gasteiger partial charge in [0.2, 0.25) is 17.7 Å². The molecule has 2 N–H and O–H groups in total. The van der Waals surface area contributed by atoms with E-state index in [-0.39, 0.29) is 30.2 Å². The van der Waals surface area contributed by atoms with Crippen LogP contribution in [0.4, 0.5) is 0 Å². The van der Waals surface area contributed by atoms with Gasteiger partial charge in [0.15, 0.2) is 9.84 Å². The first kappa shape index (κ1) is 22.1. The van der Waals surface area contributed by atoms with Crippen LogP contribution in [-0.2, 0) is 24.2 Å². The molecular weight excluding hydrogens is 394 g/mol. The van der Waals surface area contributed by atoms with Crippen LogP contribution in [0.1, 0.15) is 72.6 Å². The second-order valence-corrected chi connectivity index (χ2v) is 12.2. The number of amides is 3. The largest absolute Gasteiger partial charge is 0.352 e. The average molecular weight is 428 g/mol. The van der Waals surface area contributed by atoms with E-state index in [2.05, 4.69) is 10.6 Å². The Balaban J connectivity index is 1.75. The second kappa shape index (κ2) is 7.89. The Morgan fingerprint density at radius 1 is 1.17 bits per heavy atom. The van der Waals surface area contributed by atoms with Crippen LogP contribution in [0, 0.1) is 5.92 Å². The second-order valence-electron chi connectivity index (χ2n) is 9.55. The van der Waals surface area contributed by atoms with Crippen molar-refractivity contribution in [3.63, 3.8) is 0 Å². The van der Waals surface area contributed by atoms with Gasteiger partial charge in [0.1, 0.15) is 17.5 Å². The fourth-order valence-electron chi connectivity index (χ4n) is 4.76. The van der Waals surface area contributed by atoms with Crippen LogP contribution >= 0.6 is 0 Å². The molecule has 0 aromatic heterocycles. The molecule has 3 amide bonds. The topological polar surface area (TPSA) is 113 Å². The minimum Gasteiger partial charge on any atom is -0.352 e. The molecule has 3 rings (SSSR count). The predicted octanol–water partition coefficient (Wildman–Crippen LogP) is 1.10. The first-order valence-corrected chi connectivity index (χ1v) is 12.2. The predicted molar refractivity (Wildman–Crippen MR) is 108 cm³/mol. The molecule has 3 atom stereocenters. The summed E-state index contributed by atoms with van der Waals surface area (Å²) in [6, 6.07) is -1.75. The molecular formula is C20H33N3O5S. The first-order chi connectivity index (χ1) is 13.5. The van der Waals surface area contributed by atoms with Crippen molar-refractivity contribution in [2.24, 2.45) is 5.92 Å². The summed E-state index contributed by atoms with van der Waals surface area (Å²) in [6.07, 6.45) is 5.58. The van der Waals surface area contributed by atoms with Gasteiger partial charge in [-0.25, -0.2) is 8.42 Å². The number of rotatable bonds is 6. The van der Waals surface area contributed by atoms with E-state index in [0.29, 0.717) is 6.42 Å². The molecule has 3 fully saturated rings. The van der Waals surface area contributed by atoms with Gasteiger partial charge in [-0.15, -0.1) is 0 Å². The number of fused-ring (bicyclic) bond motifs is 1. The highest BCUT2D eigenvalue weighted by Gasteiger charge is 2.67. The standard InChI is InChI=1S/C20H33N3O5S/c1-12(2)10-14(18(25)21-13-8-6-5-7-9-13)22-19(26)17-20(3,4)29(27,28)16-11-15(24)23(16)17/h12-14,16-17H,5-11H2,1-4H3,(H,21,25)(H,22,26). The van der Waals surface area contributed by atoms with Gasteiger partial charge in [0, 0.05) is 6.04 Å². The smallest absolute Gasteiger partial charge is 0.245 e. The van der Waals surface area contributed by atoms with Crippen LogP contribution in [0.25, 0.3) is 0 Å². The van der Waals surface area contributed by atoms with Gasteiger partial charge in [-0.2, -0.15) is 0 Å². The third-order valence-corrected chi connectivity index (χ3v) is 9.32. The van der Waals surface area contributed by atoms with E-state index in [0.717, 1.165) is 25.7 Å². The summed E-state index contributed by atoms with van der Waals surface area (Å²) in [5.41, 5.74) is 0. The van der Waals surface area contributed by atoms with Crippen molar-refractivity contribution < 1.29 is 22.8 Å². The van der Waals surface area contributed by atoms with E-state index in [4.69, 9.17) is 0 Å². The first-order valence-electron chi connectivity index (χ1n) is 10.6. The van der Waals surface area contributed by atoms with Gasteiger partial charge in [-0.3, -0.25) is 14.4 Å². The minimum absolute atomic E-state index is 0.0763. The van der Waals surface area contributed by atoms with E-state index in [1.54, 1.807) is 0 Å². The zero-order valence-electron chi connectivity index (χ0n) is 17.7. The lowest BCUT2D eigenvalue weighted by atomic mass is 9.94. The maximum atomic E-state index is 13.1. The van der Waals surface area contributed by atoms with Crippen molar-refractivity contribution in [1.82, 2.24) is 15.5 Å². The number of hydrogen-bond acceptors (Lipinski definition) is 5. The molecule has 1 saturated carbocycles. The van der Waals surface area contributed by atoms with Gasteiger partial charge in [-0.05, 0) is 39.0 Å². The summed E-state index contributed by atoms with van der Waals surface area (Å²) >= 11 is 0. The zero-order valence-corrected chi connectivity index (χ0v) is 18.5. The highest BCUT2D eigenvalue weighted by atomic mass is 32.2. The number of nitrogens with zero attached hydrogens (tertiary/aromatic N) is 1. The number of carbonyl (C=O) groups excluding carboxylic acids is 3. The fourth-order valence-corrected chi connectivity index (χ4v) is 6.89. The van der Waals surface area contributed by atoms with Crippen molar-refractivity contribution in [2.45, 2.75) is 101 Å². The van der Waals surface area contributed by atoms with E-state index in [1.165, 1.54) is 25.2 Å². The summed E-state index contributed by atoms with van der Waals surface area (Å²) in [6.45, 7) is 6.90. The van der Waals surface area contributed by atoms with Crippen molar-refractivity contribution in [3.05, 3.63) is 0 Å². The summed E-state index contributed by atoms with van der Waals surface area (Å²) < 4.78 is 24.1. The lowest BCUT2D eigenvalue weighted by Gasteiger charge is -2.37. The number of carbonyl (C=O) groups is 3. The summed E-state index contributed by atoms with van der Waals surface area (Å²) in [5.74, 6) is -0.977. The molecule has 2 aliphatic heterocycles. The Morgan fingerprint density at radius 2 is 1.79 bits per heavy atom. The molecule has 0 radical (unpaired) electrons. The van der Waals surface area contributed by atoms with Crippen LogP contribution in [0.2, 0.25) is 0 Å². The molecule has 0 spiro atoms. The Bertz CT molecular complexity index is 786. The summed E-state index contributed by atoms with van der Waals surface area (Å²) in [7, 11) is -3.65. The van der Waals surface area contributed by atoms with Gasteiger partial charge in [-0.1, -0.05) is 33.1 Å². The van der Waals surface area contributed by atoms with E-state index < -0.39 is 37.9 Å². The summed E-state index contributed by atoms with van der Waals surface area (Å²) in [4.78, 5) is 39.3. The molecule has 2 saturated heterocycles. The van der Waals surface area contributed by atoms with Gasteiger partial charge < -0.3 is 15.5 Å². The number of hydrogen-bond donors (Lipinski definition) is 2. The zero-order chi connectivity index (χ0) is 21.6. The van der Waals surface area contributed by atoms with Crippen molar-refractivity contribution in [3.8, 4) is 0 Å². The molecule has 164 valence electrons. The maximum Gasteiger partial charge on any atom is 0.245 e. The highest BCUT2D eigenvalue weighted by Crippen LogP contribution is 2.45. The normalized spacial score (nSPS) is 29.1. The van der Waals surface area contributed by atoms with Crippen molar-refractivity contribution in [1.29, 1.82) is 0 Å². The van der Waals surface area contributed by atoms with Crippen molar-refractivity contribution in [2.75, 3.05) is 0 Å². The Labute approximate surface area is 173 Å². The van der Waals surface area contributed by atoms with Crippen LogP contribution in [0.15, 0.2) is 0 Å². The number of sulfone groups is 1. The molecule has 1 aliphatic carbocycles. The Morgan fingerprint density at radius 3 is 2.34 bits per heavy atom. The molecule has 9 heteroatoms. The molecule has 0 bridgehead atoms. The van der Waals surface area contributed by atoms with Crippen LogP contribution in [0.5, 0.6) is 0 Å². The molecule has 2 heterocycles.